The molecule has 63 heavy (non-hydrogen) atoms. The fourth-order valence-corrected chi connectivity index (χ4v) is 11.4. The van der Waals surface area contributed by atoms with Gasteiger partial charge < -0.3 is 18.6 Å². The first-order valence-corrected chi connectivity index (χ1v) is 25.3. The van der Waals surface area contributed by atoms with Gasteiger partial charge in [-0.15, -0.1) is 0 Å². The molecule has 0 spiro atoms. The maximum Gasteiger partial charge on any atom is 0.0775 e. The molecule has 0 aliphatic carbocycles. The van der Waals surface area contributed by atoms with E-state index in [-0.39, 0.29) is 0 Å². The van der Waals surface area contributed by atoms with Gasteiger partial charge in [0.05, 0.1) is 35.7 Å². The molecular weight excluding hydrogens is 781 g/mol. The van der Waals surface area contributed by atoms with Gasteiger partial charge in [0, 0.05) is 82.4 Å². The lowest BCUT2D eigenvalue weighted by molar-refractivity contribution is 1.21. The van der Waals surface area contributed by atoms with Crippen LogP contribution in [0.1, 0.15) is 5.56 Å². The molecule has 4 heterocycles. The van der Waals surface area contributed by atoms with Crippen molar-refractivity contribution in [3.8, 4) is 0 Å². The second-order valence-corrected chi connectivity index (χ2v) is 23.2. The summed E-state index contributed by atoms with van der Waals surface area (Å²) in [5.74, 6) is 0. The van der Waals surface area contributed by atoms with Crippen molar-refractivity contribution in [2.24, 2.45) is 0 Å². The molecule has 0 atom stereocenters. The van der Waals surface area contributed by atoms with Crippen LogP contribution in [0, 0.1) is 6.92 Å². The van der Waals surface area contributed by atoms with Crippen molar-refractivity contribution >= 4 is 120 Å². The molecule has 0 amide bonds. The first kappa shape index (κ1) is 37.2. The van der Waals surface area contributed by atoms with Crippen LogP contribution in [0.4, 0.5) is 28.4 Å². The summed E-state index contributed by atoms with van der Waals surface area (Å²) in [6, 6.07) is 64.4. The SMILES string of the molecule is C=C(/C=c1\c(=C)n2c3cc4c5cccc6c7cc(N(c8ccccc8)c8ccc(C)cc8)ccc7n(c4cc3c3cccc1c32)c65)N(c1ccccc1)c1ccc([Si](C)(C)C)cc1. The molecule has 0 aliphatic rings. The fourth-order valence-electron chi connectivity index (χ4n) is 10.2. The Bertz CT molecular complexity index is 3860. The first-order valence-electron chi connectivity index (χ1n) is 21.8. The zero-order valence-electron chi connectivity index (χ0n) is 36.0. The Morgan fingerprint density at radius 3 is 1.59 bits per heavy atom. The van der Waals surface area contributed by atoms with Gasteiger partial charge in [-0.3, -0.25) is 0 Å². The number of rotatable bonds is 8. The van der Waals surface area contributed by atoms with E-state index in [0.29, 0.717) is 0 Å². The highest BCUT2D eigenvalue weighted by atomic mass is 28.3. The van der Waals surface area contributed by atoms with E-state index in [4.69, 9.17) is 13.2 Å². The van der Waals surface area contributed by atoms with Gasteiger partial charge in [0.15, 0.2) is 0 Å². The van der Waals surface area contributed by atoms with E-state index in [2.05, 4.69) is 227 Å². The fraction of sp³-hybridized carbons (Fsp3) is 0.0690. The quantitative estimate of drug-likeness (QED) is 0.142. The maximum absolute atomic E-state index is 4.80. The molecule has 4 nitrogen and oxygen atoms in total. The minimum absolute atomic E-state index is 0.887. The lowest BCUT2D eigenvalue weighted by Crippen LogP contribution is -2.37. The number of aromatic nitrogens is 2. The van der Waals surface area contributed by atoms with Crippen molar-refractivity contribution in [2.75, 3.05) is 9.80 Å². The molecule has 0 saturated heterocycles. The third kappa shape index (κ3) is 5.59. The summed E-state index contributed by atoms with van der Waals surface area (Å²) >= 11 is 0. The number of anilines is 5. The van der Waals surface area contributed by atoms with Crippen LogP contribution in [0.25, 0.3) is 77.9 Å². The minimum atomic E-state index is -1.46. The molecule has 12 rings (SSSR count). The van der Waals surface area contributed by atoms with Gasteiger partial charge in [0.25, 0.3) is 0 Å². The van der Waals surface area contributed by atoms with Gasteiger partial charge in [-0.25, -0.2) is 0 Å². The second kappa shape index (κ2) is 13.7. The van der Waals surface area contributed by atoms with Gasteiger partial charge in [-0.2, -0.15) is 0 Å². The molecule has 0 aliphatic heterocycles. The largest absolute Gasteiger partial charge is 0.311 e. The van der Waals surface area contributed by atoms with E-state index < -0.39 is 8.07 Å². The number of hydrogen-bond acceptors (Lipinski definition) is 2. The van der Waals surface area contributed by atoms with E-state index in [1.165, 1.54) is 76.0 Å². The Hall–Kier alpha value is -7.60. The molecule has 0 unspecified atom stereocenters. The Morgan fingerprint density at radius 2 is 0.968 bits per heavy atom. The van der Waals surface area contributed by atoms with Gasteiger partial charge in [-0.05, 0) is 91.9 Å². The molecule has 302 valence electrons. The van der Waals surface area contributed by atoms with Gasteiger partial charge in [0.2, 0.25) is 0 Å². The van der Waals surface area contributed by atoms with Crippen LogP contribution >= 0.6 is 0 Å². The molecule has 0 saturated carbocycles. The summed E-state index contributed by atoms with van der Waals surface area (Å²) in [7, 11) is -1.46. The van der Waals surface area contributed by atoms with Crippen LogP contribution in [-0.2, 0) is 0 Å². The number of fused-ring (bicyclic) bond motifs is 9. The van der Waals surface area contributed by atoms with Crippen molar-refractivity contribution in [3.05, 3.63) is 204 Å². The second-order valence-electron chi connectivity index (χ2n) is 18.1. The molecule has 12 aromatic rings. The van der Waals surface area contributed by atoms with E-state index in [1.807, 2.05) is 0 Å². The molecule has 8 aromatic carbocycles. The van der Waals surface area contributed by atoms with Crippen LogP contribution in [0.3, 0.4) is 0 Å². The number of benzene rings is 8. The van der Waals surface area contributed by atoms with Crippen LogP contribution in [0.5, 0.6) is 0 Å². The number of nitrogens with zero attached hydrogens (tertiary/aromatic N) is 4. The van der Waals surface area contributed by atoms with Crippen LogP contribution in [0.2, 0.25) is 19.6 Å². The normalized spacial score (nSPS) is 12.7. The number of aryl methyl sites for hydroxylation is 1. The number of para-hydroxylation sites is 4. The van der Waals surface area contributed by atoms with Crippen LogP contribution < -0.4 is 25.6 Å². The summed E-state index contributed by atoms with van der Waals surface area (Å²) in [4.78, 5) is 4.62. The van der Waals surface area contributed by atoms with Crippen LogP contribution in [0.15, 0.2) is 188 Å². The molecule has 0 radical (unpaired) electrons. The monoisotopic (exact) mass is 826 g/mol. The van der Waals surface area contributed by atoms with E-state index >= 15 is 0 Å². The highest BCUT2D eigenvalue weighted by Crippen LogP contribution is 2.44. The van der Waals surface area contributed by atoms with Gasteiger partial charge in [0.1, 0.15) is 0 Å². The zero-order chi connectivity index (χ0) is 42.7. The number of allylic oxidation sites excluding steroid dienone is 1. The van der Waals surface area contributed by atoms with Crippen LogP contribution in [-0.4, -0.2) is 16.9 Å². The van der Waals surface area contributed by atoms with Crippen molar-refractivity contribution in [1.29, 1.82) is 0 Å². The van der Waals surface area contributed by atoms with E-state index in [0.717, 1.165) is 44.7 Å². The maximum atomic E-state index is 4.80. The third-order valence-corrected chi connectivity index (χ3v) is 15.3. The molecule has 0 bridgehead atoms. The summed E-state index contributed by atoms with van der Waals surface area (Å²) in [6.07, 6.45) is 2.23. The van der Waals surface area contributed by atoms with Crippen molar-refractivity contribution in [3.63, 3.8) is 0 Å². The Balaban J connectivity index is 1.04. The van der Waals surface area contributed by atoms with Crippen molar-refractivity contribution in [2.45, 2.75) is 26.6 Å². The standard InChI is InChI=1S/C58H46N4Si/c1-37-23-25-43(26-24-37)61(41-17-11-8-12-18-41)44-29-32-54-51(34-44)47-20-14-22-49-53-35-55-52(36-56(53)62(54)58(47)49)48-21-13-19-46-50(39(3)60(55)57(46)48)33-38(2)59(40-15-9-7-10-16-40)42-27-30-45(31-28-42)63(4,5)6/h7-36H,2-3H2,1,4-6H3/b50-33+. The third-order valence-electron chi connectivity index (χ3n) is 13.2. The van der Waals surface area contributed by atoms with E-state index in [9.17, 15) is 0 Å². The predicted molar refractivity (Wildman–Crippen MR) is 274 cm³/mol. The Labute approximate surface area is 367 Å². The summed E-state index contributed by atoms with van der Waals surface area (Å²) < 4.78 is 4.88. The first-order chi connectivity index (χ1) is 30.6. The van der Waals surface area contributed by atoms with Gasteiger partial charge in [-0.1, -0.05) is 141 Å². The smallest absolute Gasteiger partial charge is 0.0775 e. The lowest BCUT2D eigenvalue weighted by atomic mass is 10.0. The zero-order valence-corrected chi connectivity index (χ0v) is 37.0. The minimum Gasteiger partial charge on any atom is -0.311 e. The average Bonchev–Trinajstić information content (AvgIpc) is 4.00. The molecule has 5 heteroatoms. The Morgan fingerprint density at radius 1 is 0.476 bits per heavy atom. The lowest BCUT2D eigenvalue weighted by Gasteiger charge is -2.26. The molecule has 0 N–H and O–H groups in total. The van der Waals surface area contributed by atoms with Gasteiger partial charge >= 0.3 is 0 Å². The van der Waals surface area contributed by atoms with Crippen molar-refractivity contribution in [1.82, 2.24) is 8.80 Å². The highest BCUT2D eigenvalue weighted by Gasteiger charge is 2.24. The molecule has 0 fully saturated rings. The molecule has 4 aromatic heterocycles. The van der Waals surface area contributed by atoms with Crippen molar-refractivity contribution < 1.29 is 0 Å². The number of hydrogen-bond donors (Lipinski definition) is 0. The summed E-state index contributed by atoms with van der Waals surface area (Å²) in [6.45, 7) is 18.8. The average molecular weight is 827 g/mol. The summed E-state index contributed by atoms with van der Waals surface area (Å²) in [5, 5.41) is 12.1. The van der Waals surface area contributed by atoms with E-state index in [1.54, 1.807) is 0 Å². The predicted octanol–water partition coefficient (Wildman–Crippen LogP) is 13.7. The highest BCUT2D eigenvalue weighted by molar-refractivity contribution is 6.88. The topological polar surface area (TPSA) is 15.3 Å². The summed E-state index contributed by atoms with van der Waals surface area (Å²) in [5.41, 5.74) is 13.7. The molecular formula is C58H46N4Si. The Kier molecular flexibility index (Phi) is 8.09.